The van der Waals surface area contributed by atoms with Crippen molar-refractivity contribution < 1.29 is 13.2 Å². The van der Waals surface area contributed by atoms with E-state index in [0.717, 1.165) is 23.7 Å². The molecule has 100 valence electrons. The number of rotatable bonds is 5. The zero-order chi connectivity index (χ0) is 13.2. The van der Waals surface area contributed by atoms with Crippen LogP contribution in [0.2, 0.25) is 0 Å². The van der Waals surface area contributed by atoms with Gasteiger partial charge in [0, 0.05) is 11.9 Å². The molecule has 0 spiro atoms. The molecule has 5 nitrogen and oxygen atoms in total. The fourth-order valence-corrected chi connectivity index (χ4v) is 3.44. The first-order valence-corrected chi connectivity index (χ1v) is 8.29. The average Bonchev–Trinajstić information content (AvgIpc) is 2.69. The number of hydrogen-bond acceptors (Lipinski definition) is 4. The van der Waals surface area contributed by atoms with E-state index in [2.05, 4.69) is 5.32 Å². The van der Waals surface area contributed by atoms with Gasteiger partial charge in [-0.2, -0.15) is 0 Å². The van der Waals surface area contributed by atoms with Gasteiger partial charge in [0.15, 0.2) is 0 Å². The molecule has 0 bridgehead atoms. The molecule has 1 fully saturated rings. The largest absolute Gasteiger partial charge is 0.352 e. The number of hydrogen-bond donors (Lipinski definition) is 2. The zero-order valence-electron chi connectivity index (χ0n) is 9.89. The molecule has 1 heterocycles. The fourth-order valence-electron chi connectivity index (χ4n) is 1.86. The van der Waals surface area contributed by atoms with Crippen LogP contribution in [0.1, 0.15) is 36.0 Å². The van der Waals surface area contributed by atoms with Gasteiger partial charge in [0.1, 0.15) is 4.21 Å². The van der Waals surface area contributed by atoms with Crippen LogP contribution in [0.3, 0.4) is 0 Å². The third-order valence-corrected chi connectivity index (χ3v) is 5.57. The average molecular weight is 288 g/mol. The molecule has 0 aliphatic heterocycles. The SMILES string of the molecule is NS(=O)(=O)c1cc(C(=O)NCCC2CCC2)cs1. The highest BCUT2D eigenvalue weighted by Crippen LogP contribution is 2.28. The topological polar surface area (TPSA) is 89.3 Å². The van der Waals surface area contributed by atoms with E-state index in [1.807, 2.05) is 0 Å². The molecule has 2 rings (SSSR count). The lowest BCUT2D eigenvalue weighted by Crippen LogP contribution is -2.27. The molecule has 0 unspecified atom stereocenters. The van der Waals surface area contributed by atoms with Gasteiger partial charge < -0.3 is 5.32 Å². The lowest BCUT2D eigenvalue weighted by atomic mass is 9.83. The maximum absolute atomic E-state index is 11.7. The molecule has 1 aliphatic carbocycles. The number of sulfonamides is 1. The van der Waals surface area contributed by atoms with Crippen LogP contribution in [0.4, 0.5) is 0 Å². The minimum atomic E-state index is -3.71. The van der Waals surface area contributed by atoms with Crippen molar-refractivity contribution in [1.82, 2.24) is 5.32 Å². The molecular formula is C11H16N2O3S2. The predicted octanol–water partition coefficient (Wildman–Crippen LogP) is 1.32. The van der Waals surface area contributed by atoms with Gasteiger partial charge in [-0.1, -0.05) is 19.3 Å². The van der Waals surface area contributed by atoms with Gasteiger partial charge in [0.25, 0.3) is 5.91 Å². The molecule has 1 amide bonds. The Morgan fingerprint density at radius 2 is 2.22 bits per heavy atom. The molecule has 1 aromatic rings. The highest BCUT2D eigenvalue weighted by molar-refractivity contribution is 7.91. The molecular weight excluding hydrogens is 272 g/mol. The minimum absolute atomic E-state index is 0.0200. The number of nitrogens with two attached hydrogens (primary N) is 1. The summed E-state index contributed by atoms with van der Waals surface area (Å²) in [5, 5.41) is 9.29. The lowest BCUT2D eigenvalue weighted by Gasteiger charge is -2.25. The second-order valence-electron chi connectivity index (χ2n) is 4.54. The molecule has 18 heavy (non-hydrogen) atoms. The summed E-state index contributed by atoms with van der Waals surface area (Å²) in [5.74, 6) is 0.508. The summed E-state index contributed by atoms with van der Waals surface area (Å²) in [7, 11) is -3.71. The van der Waals surface area contributed by atoms with Gasteiger partial charge in [-0.25, -0.2) is 13.6 Å². The van der Waals surface area contributed by atoms with Crippen LogP contribution in [-0.4, -0.2) is 20.9 Å². The van der Waals surface area contributed by atoms with Crippen molar-refractivity contribution in [2.75, 3.05) is 6.54 Å². The summed E-state index contributed by atoms with van der Waals surface area (Å²) in [6.07, 6.45) is 4.80. The standard InChI is InChI=1S/C11H16N2O3S2/c12-18(15,16)10-6-9(7-17-10)11(14)13-5-4-8-2-1-3-8/h6-8H,1-5H2,(H,13,14)(H2,12,15,16). The number of thiophene rings is 1. The van der Waals surface area contributed by atoms with E-state index in [9.17, 15) is 13.2 Å². The summed E-state index contributed by atoms with van der Waals surface area (Å²) in [6, 6.07) is 1.32. The van der Waals surface area contributed by atoms with Crippen LogP contribution in [0.5, 0.6) is 0 Å². The van der Waals surface area contributed by atoms with Gasteiger partial charge >= 0.3 is 0 Å². The minimum Gasteiger partial charge on any atom is -0.352 e. The van der Waals surface area contributed by atoms with E-state index >= 15 is 0 Å². The van der Waals surface area contributed by atoms with Gasteiger partial charge in [0.2, 0.25) is 10.0 Å². The molecule has 0 saturated heterocycles. The normalized spacial score (nSPS) is 16.3. The monoisotopic (exact) mass is 288 g/mol. The van der Waals surface area contributed by atoms with E-state index in [-0.39, 0.29) is 10.1 Å². The number of amides is 1. The van der Waals surface area contributed by atoms with E-state index < -0.39 is 10.0 Å². The van der Waals surface area contributed by atoms with Gasteiger partial charge in [0.05, 0.1) is 5.56 Å². The Kier molecular flexibility index (Phi) is 4.04. The molecule has 0 atom stereocenters. The van der Waals surface area contributed by atoms with Gasteiger partial charge in [-0.3, -0.25) is 4.79 Å². The van der Waals surface area contributed by atoms with Crippen molar-refractivity contribution >= 4 is 27.3 Å². The van der Waals surface area contributed by atoms with Crippen molar-refractivity contribution in [2.24, 2.45) is 11.1 Å². The summed E-state index contributed by atoms with van der Waals surface area (Å²) in [4.78, 5) is 11.7. The molecule has 0 radical (unpaired) electrons. The molecule has 7 heteroatoms. The van der Waals surface area contributed by atoms with Crippen molar-refractivity contribution in [1.29, 1.82) is 0 Å². The third kappa shape index (κ3) is 3.30. The van der Waals surface area contributed by atoms with Gasteiger partial charge in [-0.05, 0) is 18.4 Å². The van der Waals surface area contributed by atoms with Gasteiger partial charge in [-0.15, -0.1) is 11.3 Å². The number of carbonyl (C=O) groups excluding carboxylic acids is 1. The van der Waals surface area contributed by atoms with E-state index in [0.29, 0.717) is 12.1 Å². The Balaban J connectivity index is 1.86. The maximum atomic E-state index is 11.7. The highest BCUT2D eigenvalue weighted by atomic mass is 32.2. The Hall–Kier alpha value is -0.920. The van der Waals surface area contributed by atoms with Crippen LogP contribution in [0, 0.1) is 5.92 Å². The number of primary sulfonamides is 1. The quantitative estimate of drug-likeness (QED) is 0.856. The smallest absolute Gasteiger partial charge is 0.252 e. The summed E-state index contributed by atoms with van der Waals surface area (Å²) < 4.78 is 22.2. The summed E-state index contributed by atoms with van der Waals surface area (Å²) in [6.45, 7) is 0.643. The van der Waals surface area contributed by atoms with E-state index in [1.165, 1.54) is 30.7 Å². The molecule has 1 aromatic heterocycles. The number of carbonyl (C=O) groups is 1. The highest BCUT2D eigenvalue weighted by Gasteiger charge is 2.18. The lowest BCUT2D eigenvalue weighted by molar-refractivity contribution is 0.0949. The van der Waals surface area contributed by atoms with Crippen molar-refractivity contribution in [3.8, 4) is 0 Å². The summed E-state index contributed by atoms with van der Waals surface area (Å²) in [5.41, 5.74) is 0.359. The first-order chi connectivity index (χ1) is 8.47. The van der Waals surface area contributed by atoms with Crippen molar-refractivity contribution in [2.45, 2.75) is 29.9 Å². The predicted molar refractivity (Wildman–Crippen MR) is 70.0 cm³/mol. The van der Waals surface area contributed by atoms with Crippen LogP contribution in [0.25, 0.3) is 0 Å². The fraction of sp³-hybridized carbons (Fsp3) is 0.545. The first kappa shape index (κ1) is 13.5. The Bertz CT molecular complexity index is 532. The zero-order valence-corrected chi connectivity index (χ0v) is 11.5. The Morgan fingerprint density at radius 3 is 2.72 bits per heavy atom. The maximum Gasteiger partial charge on any atom is 0.252 e. The van der Waals surface area contributed by atoms with Crippen molar-refractivity contribution in [3.63, 3.8) is 0 Å². The van der Waals surface area contributed by atoms with Crippen LogP contribution in [0.15, 0.2) is 15.7 Å². The van der Waals surface area contributed by atoms with E-state index in [4.69, 9.17) is 5.14 Å². The first-order valence-electron chi connectivity index (χ1n) is 5.86. The number of nitrogens with one attached hydrogen (secondary N) is 1. The molecule has 3 N–H and O–H groups in total. The van der Waals surface area contributed by atoms with Crippen LogP contribution >= 0.6 is 11.3 Å². The molecule has 0 aromatic carbocycles. The van der Waals surface area contributed by atoms with Crippen LogP contribution < -0.4 is 10.5 Å². The second-order valence-corrected chi connectivity index (χ2v) is 7.24. The Labute approximate surface area is 110 Å². The Morgan fingerprint density at radius 1 is 1.50 bits per heavy atom. The van der Waals surface area contributed by atoms with E-state index in [1.54, 1.807) is 0 Å². The third-order valence-electron chi connectivity index (χ3n) is 3.18. The molecule has 1 saturated carbocycles. The van der Waals surface area contributed by atoms with Crippen LogP contribution in [-0.2, 0) is 10.0 Å². The summed E-state index contributed by atoms with van der Waals surface area (Å²) >= 11 is 0.966. The van der Waals surface area contributed by atoms with Crippen molar-refractivity contribution in [3.05, 3.63) is 17.0 Å². The second kappa shape index (κ2) is 5.38. The molecule has 1 aliphatic rings.